The van der Waals surface area contributed by atoms with E-state index < -0.39 is 0 Å². The lowest BCUT2D eigenvalue weighted by Crippen LogP contribution is -2.38. The summed E-state index contributed by atoms with van der Waals surface area (Å²) < 4.78 is 11.3. The van der Waals surface area contributed by atoms with Crippen molar-refractivity contribution < 1.29 is 9.47 Å². The van der Waals surface area contributed by atoms with Crippen LogP contribution in [0.25, 0.3) is 0 Å². The second-order valence-corrected chi connectivity index (χ2v) is 7.99. The number of rotatable bonds is 11. The third-order valence-corrected chi connectivity index (χ3v) is 5.29. The molecule has 164 valence electrons. The molecule has 2 rings (SSSR count). The topological polar surface area (TPSA) is 42.5 Å². The summed E-state index contributed by atoms with van der Waals surface area (Å²) in [4.78, 5) is 0. The van der Waals surface area contributed by atoms with Crippen LogP contribution < -0.4 is 20.1 Å². The van der Waals surface area contributed by atoms with Gasteiger partial charge in [0.05, 0.1) is 19.3 Å². The molecule has 0 aliphatic carbocycles. The van der Waals surface area contributed by atoms with Gasteiger partial charge in [0.1, 0.15) is 0 Å². The summed E-state index contributed by atoms with van der Waals surface area (Å²) in [6, 6.07) is 15.2. The van der Waals surface area contributed by atoms with Crippen molar-refractivity contribution in [3.63, 3.8) is 0 Å². The number of nitrogens with one attached hydrogen (secondary N) is 2. The standard InChI is InChI=1S/C25H36N2O2S/c1-6-22(21-12-10-20(11-13-21)18(4)5)27-25(30)26-16-15-19-9-14-23(28-7-2)24(17-19)29-8-3/h9-14,17-18,22H,6-8,15-16H2,1-5H3,(H2,26,27,30)/t22-/m0/s1. The van der Waals surface area contributed by atoms with Gasteiger partial charge in [0.15, 0.2) is 16.6 Å². The molecule has 0 unspecified atom stereocenters. The highest BCUT2D eigenvalue weighted by molar-refractivity contribution is 7.80. The largest absolute Gasteiger partial charge is 0.490 e. The normalized spacial score (nSPS) is 11.8. The highest BCUT2D eigenvalue weighted by Crippen LogP contribution is 2.28. The Morgan fingerprint density at radius 2 is 1.53 bits per heavy atom. The van der Waals surface area contributed by atoms with E-state index in [0.29, 0.717) is 24.2 Å². The summed E-state index contributed by atoms with van der Waals surface area (Å²) in [5.41, 5.74) is 3.81. The molecule has 0 aliphatic heterocycles. The lowest BCUT2D eigenvalue weighted by molar-refractivity contribution is 0.287. The van der Waals surface area contributed by atoms with Crippen LogP contribution in [0.15, 0.2) is 42.5 Å². The van der Waals surface area contributed by atoms with Crippen LogP contribution in [0.5, 0.6) is 11.5 Å². The van der Waals surface area contributed by atoms with Crippen LogP contribution in [0.4, 0.5) is 0 Å². The van der Waals surface area contributed by atoms with Crippen molar-refractivity contribution in [3.8, 4) is 11.5 Å². The van der Waals surface area contributed by atoms with Gasteiger partial charge in [-0.1, -0.05) is 51.1 Å². The van der Waals surface area contributed by atoms with Gasteiger partial charge in [-0.15, -0.1) is 0 Å². The van der Waals surface area contributed by atoms with Crippen LogP contribution in [-0.4, -0.2) is 24.9 Å². The maximum Gasteiger partial charge on any atom is 0.166 e. The highest BCUT2D eigenvalue weighted by atomic mass is 32.1. The van der Waals surface area contributed by atoms with Gasteiger partial charge in [0.2, 0.25) is 0 Å². The van der Waals surface area contributed by atoms with E-state index in [-0.39, 0.29) is 6.04 Å². The molecule has 0 aromatic heterocycles. The Balaban J connectivity index is 1.88. The minimum atomic E-state index is 0.209. The number of hydrogen-bond donors (Lipinski definition) is 2. The molecule has 2 aromatic carbocycles. The van der Waals surface area contributed by atoms with Gasteiger partial charge in [-0.25, -0.2) is 0 Å². The van der Waals surface area contributed by atoms with E-state index in [1.807, 2.05) is 19.9 Å². The first-order chi connectivity index (χ1) is 14.5. The predicted molar refractivity (Wildman–Crippen MR) is 130 cm³/mol. The minimum Gasteiger partial charge on any atom is -0.490 e. The second-order valence-electron chi connectivity index (χ2n) is 7.58. The molecule has 0 heterocycles. The fourth-order valence-electron chi connectivity index (χ4n) is 3.31. The summed E-state index contributed by atoms with van der Waals surface area (Å²) in [5.74, 6) is 2.14. The molecule has 0 saturated heterocycles. The zero-order chi connectivity index (χ0) is 21.9. The third kappa shape index (κ3) is 7.21. The number of benzene rings is 2. The molecular weight excluding hydrogens is 392 g/mol. The molecule has 0 amide bonds. The molecule has 0 saturated carbocycles. The predicted octanol–water partition coefficient (Wildman–Crippen LogP) is 5.77. The lowest BCUT2D eigenvalue weighted by Gasteiger charge is -2.21. The Labute approximate surface area is 187 Å². The Kier molecular flexibility index (Phi) is 9.95. The van der Waals surface area contributed by atoms with E-state index >= 15 is 0 Å². The SMILES string of the molecule is CCOc1ccc(CCNC(=S)N[C@@H](CC)c2ccc(C(C)C)cc2)cc1OCC. The van der Waals surface area contributed by atoms with Gasteiger partial charge >= 0.3 is 0 Å². The maximum atomic E-state index is 5.71. The van der Waals surface area contributed by atoms with Crippen LogP contribution >= 0.6 is 12.2 Å². The Morgan fingerprint density at radius 3 is 2.13 bits per heavy atom. The van der Waals surface area contributed by atoms with Crippen LogP contribution in [0.3, 0.4) is 0 Å². The van der Waals surface area contributed by atoms with Gasteiger partial charge < -0.3 is 20.1 Å². The molecule has 0 radical (unpaired) electrons. The molecule has 5 heteroatoms. The van der Waals surface area contributed by atoms with E-state index in [1.165, 1.54) is 16.7 Å². The summed E-state index contributed by atoms with van der Waals surface area (Å²) in [7, 11) is 0. The lowest BCUT2D eigenvalue weighted by atomic mass is 9.98. The van der Waals surface area contributed by atoms with Gasteiger partial charge in [-0.05, 0) is 73.6 Å². The van der Waals surface area contributed by atoms with Crippen molar-refractivity contribution in [1.29, 1.82) is 0 Å². The molecule has 0 fully saturated rings. The first-order valence-corrected chi connectivity index (χ1v) is 11.4. The molecule has 0 aliphatic rings. The maximum absolute atomic E-state index is 5.71. The van der Waals surface area contributed by atoms with Crippen molar-refractivity contribution in [2.24, 2.45) is 0 Å². The van der Waals surface area contributed by atoms with Crippen molar-refractivity contribution in [2.75, 3.05) is 19.8 Å². The zero-order valence-electron chi connectivity index (χ0n) is 19.0. The van der Waals surface area contributed by atoms with E-state index in [0.717, 1.165) is 30.9 Å². The Hall–Kier alpha value is -2.27. The molecule has 30 heavy (non-hydrogen) atoms. The van der Waals surface area contributed by atoms with Crippen molar-refractivity contribution in [2.45, 2.75) is 59.4 Å². The molecule has 4 nitrogen and oxygen atoms in total. The molecule has 2 N–H and O–H groups in total. The molecule has 0 bridgehead atoms. The van der Waals surface area contributed by atoms with Crippen molar-refractivity contribution in [1.82, 2.24) is 10.6 Å². The van der Waals surface area contributed by atoms with Gasteiger partial charge in [0.25, 0.3) is 0 Å². The van der Waals surface area contributed by atoms with E-state index in [1.54, 1.807) is 0 Å². The molecule has 1 atom stereocenters. The monoisotopic (exact) mass is 428 g/mol. The number of ether oxygens (including phenoxy) is 2. The van der Waals surface area contributed by atoms with Gasteiger partial charge in [0, 0.05) is 6.54 Å². The summed E-state index contributed by atoms with van der Waals surface area (Å²) in [6.45, 7) is 12.6. The fourth-order valence-corrected chi connectivity index (χ4v) is 3.56. The molecule has 0 spiro atoms. The van der Waals surface area contributed by atoms with Crippen LogP contribution in [0.2, 0.25) is 0 Å². The first kappa shape index (κ1) is 24.0. The van der Waals surface area contributed by atoms with Crippen molar-refractivity contribution >= 4 is 17.3 Å². The van der Waals surface area contributed by atoms with E-state index in [2.05, 4.69) is 67.8 Å². The summed E-state index contributed by atoms with van der Waals surface area (Å²) in [5, 5.41) is 7.47. The smallest absolute Gasteiger partial charge is 0.166 e. The third-order valence-electron chi connectivity index (χ3n) is 5.03. The Morgan fingerprint density at radius 1 is 0.900 bits per heavy atom. The van der Waals surface area contributed by atoms with Crippen molar-refractivity contribution in [3.05, 3.63) is 59.2 Å². The summed E-state index contributed by atoms with van der Waals surface area (Å²) in [6.07, 6.45) is 1.83. The van der Waals surface area contributed by atoms with Gasteiger partial charge in [-0.2, -0.15) is 0 Å². The second kappa shape index (κ2) is 12.4. The first-order valence-electron chi connectivity index (χ1n) is 11.0. The number of thiocarbonyl (C=S) groups is 1. The summed E-state index contributed by atoms with van der Waals surface area (Å²) >= 11 is 5.54. The quantitative estimate of drug-likeness (QED) is 0.445. The van der Waals surface area contributed by atoms with Crippen LogP contribution in [0, 0.1) is 0 Å². The number of hydrogen-bond acceptors (Lipinski definition) is 3. The fraction of sp³-hybridized carbons (Fsp3) is 0.480. The van der Waals surface area contributed by atoms with E-state index in [9.17, 15) is 0 Å². The molecular formula is C25H36N2O2S. The highest BCUT2D eigenvalue weighted by Gasteiger charge is 2.11. The van der Waals surface area contributed by atoms with Crippen LogP contribution in [-0.2, 0) is 6.42 Å². The Bertz CT molecular complexity index is 790. The minimum absolute atomic E-state index is 0.209. The average Bonchev–Trinajstić information content (AvgIpc) is 2.74. The van der Waals surface area contributed by atoms with Gasteiger partial charge in [-0.3, -0.25) is 0 Å². The molecule has 2 aromatic rings. The van der Waals surface area contributed by atoms with E-state index in [4.69, 9.17) is 21.7 Å². The zero-order valence-corrected chi connectivity index (χ0v) is 19.8. The average molecular weight is 429 g/mol. The van der Waals surface area contributed by atoms with Crippen LogP contribution in [0.1, 0.15) is 69.7 Å².